The second kappa shape index (κ2) is 9.47. The zero-order chi connectivity index (χ0) is 24.5. The van der Waals surface area contributed by atoms with Crippen molar-refractivity contribution < 1.29 is 18.7 Å². The molecule has 0 unspecified atom stereocenters. The topological polar surface area (TPSA) is 66.0 Å². The van der Waals surface area contributed by atoms with Crippen LogP contribution in [0.5, 0.6) is 0 Å². The van der Waals surface area contributed by atoms with Crippen LogP contribution >= 0.6 is 11.6 Å². The Balaban J connectivity index is 1.76. The molecule has 0 amide bonds. The molecule has 5 rings (SSSR count). The predicted octanol–water partition coefficient (Wildman–Crippen LogP) is 7.35. The van der Waals surface area contributed by atoms with E-state index in [9.17, 15) is 13.6 Å². The first kappa shape index (κ1) is 23.0. The number of rotatable bonds is 6. The summed E-state index contributed by atoms with van der Waals surface area (Å²) in [6.45, 7) is 0. The molecular weight excluding hydrogens is 470 g/mol. The van der Waals surface area contributed by atoms with E-state index in [-0.39, 0.29) is 5.92 Å². The molecule has 35 heavy (non-hydrogen) atoms. The summed E-state index contributed by atoms with van der Waals surface area (Å²) in [4.78, 5) is 10.9. The van der Waals surface area contributed by atoms with Crippen LogP contribution in [0.4, 0.5) is 8.78 Å². The highest BCUT2D eigenvalue weighted by atomic mass is 35.5. The van der Waals surface area contributed by atoms with Gasteiger partial charge in [0.05, 0.1) is 15.9 Å². The number of carboxylic acid groups (broad SMARTS) is 1. The largest absolute Gasteiger partial charge is 0.478 e. The number of halogens is 3. The number of carboxylic acids is 1. The minimum atomic E-state index is -1.02. The van der Waals surface area contributed by atoms with Gasteiger partial charge in [-0.25, -0.2) is 9.18 Å². The summed E-state index contributed by atoms with van der Waals surface area (Å²) in [5.41, 5.74) is 5.58. The normalized spacial score (nSPS) is 14.8. The monoisotopic (exact) mass is 490 g/mol. The van der Waals surface area contributed by atoms with E-state index in [2.05, 4.69) is 10.2 Å². The molecule has 2 N–H and O–H groups in total. The SMILES string of the molecule is O=C(O)C=Cc1ccc(C(=C(c2ccc(F)cc2Cl)C2CCC2)c2ccc3[nH]nc(F)c3c2)cc1. The lowest BCUT2D eigenvalue weighted by Gasteiger charge is -2.32. The fourth-order valence-electron chi connectivity index (χ4n) is 4.51. The third-order valence-corrected chi connectivity index (χ3v) is 6.74. The highest BCUT2D eigenvalue weighted by molar-refractivity contribution is 6.32. The summed E-state index contributed by atoms with van der Waals surface area (Å²) in [5.74, 6) is -1.81. The van der Waals surface area contributed by atoms with Crippen molar-refractivity contribution in [3.8, 4) is 0 Å². The van der Waals surface area contributed by atoms with Crippen LogP contribution in [0.1, 0.15) is 41.5 Å². The molecule has 176 valence electrons. The summed E-state index contributed by atoms with van der Waals surface area (Å²) < 4.78 is 28.3. The van der Waals surface area contributed by atoms with Gasteiger partial charge < -0.3 is 5.11 Å². The Hall–Kier alpha value is -3.77. The Bertz CT molecular complexity index is 1480. The number of H-pyrrole nitrogens is 1. The number of nitrogens with one attached hydrogen (secondary N) is 1. The van der Waals surface area contributed by atoms with E-state index in [1.165, 1.54) is 18.2 Å². The van der Waals surface area contributed by atoms with Gasteiger partial charge in [-0.05, 0) is 82.5 Å². The van der Waals surface area contributed by atoms with Crippen molar-refractivity contribution in [3.05, 3.63) is 106 Å². The number of benzene rings is 3. The van der Waals surface area contributed by atoms with E-state index < -0.39 is 17.7 Å². The molecule has 0 aliphatic heterocycles. The maximum Gasteiger partial charge on any atom is 0.328 e. The number of hydrogen-bond acceptors (Lipinski definition) is 2. The minimum Gasteiger partial charge on any atom is -0.478 e. The second-order valence-electron chi connectivity index (χ2n) is 8.61. The van der Waals surface area contributed by atoms with Gasteiger partial charge in [0, 0.05) is 6.08 Å². The number of aromatic nitrogens is 2. The Kier molecular flexibility index (Phi) is 6.22. The van der Waals surface area contributed by atoms with Crippen molar-refractivity contribution in [2.45, 2.75) is 19.3 Å². The molecule has 1 aliphatic rings. The van der Waals surface area contributed by atoms with E-state index in [0.29, 0.717) is 15.9 Å². The van der Waals surface area contributed by atoms with E-state index in [0.717, 1.165) is 58.7 Å². The molecular formula is C28H21ClF2N2O2. The molecule has 1 heterocycles. The highest BCUT2D eigenvalue weighted by Gasteiger charge is 2.29. The van der Waals surface area contributed by atoms with Crippen LogP contribution in [-0.4, -0.2) is 21.3 Å². The van der Waals surface area contributed by atoms with Gasteiger partial charge in [-0.1, -0.05) is 54.4 Å². The van der Waals surface area contributed by atoms with E-state index in [1.54, 1.807) is 18.2 Å². The van der Waals surface area contributed by atoms with Gasteiger partial charge >= 0.3 is 5.97 Å². The van der Waals surface area contributed by atoms with Crippen LogP contribution in [0, 0.1) is 17.7 Å². The van der Waals surface area contributed by atoms with E-state index in [1.807, 2.05) is 30.3 Å². The molecule has 4 nitrogen and oxygen atoms in total. The molecule has 1 fully saturated rings. The van der Waals surface area contributed by atoms with Crippen molar-refractivity contribution in [1.82, 2.24) is 10.2 Å². The summed E-state index contributed by atoms with van der Waals surface area (Å²) in [7, 11) is 0. The second-order valence-corrected chi connectivity index (χ2v) is 9.02. The Morgan fingerprint density at radius 1 is 1.03 bits per heavy atom. The lowest BCUT2D eigenvalue weighted by molar-refractivity contribution is -0.131. The smallest absolute Gasteiger partial charge is 0.328 e. The minimum absolute atomic E-state index is 0.212. The van der Waals surface area contributed by atoms with Crippen molar-refractivity contribution in [2.75, 3.05) is 0 Å². The average molecular weight is 491 g/mol. The van der Waals surface area contributed by atoms with Crippen LogP contribution < -0.4 is 0 Å². The molecule has 0 spiro atoms. The first-order valence-corrected chi connectivity index (χ1v) is 11.6. The van der Waals surface area contributed by atoms with Crippen LogP contribution in [0.3, 0.4) is 0 Å². The van der Waals surface area contributed by atoms with Crippen molar-refractivity contribution in [2.24, 2.45) is 5.92 Å². The van der Waals surface area contributed by atoms with Crippen molar-refractivity contribution in [1.29, 1.82) is 0 Å². The van der Waals surface area contributed by atoms with Crippen LogP contribution in [-0.2, 0) is 4.79 Å². The molecule has 4 aromatic rings. The van der Waals surface area contributed by atoms with E-state index in [4.69, 9.17) is 16.7 Å². The number of carbonyl (C=O) groups is 1. The van der Waals surface area contributed by atoms with Gasteiger partial charge in [0.1, 0.15) is 5.82 Å². The molecule has 0 atom stereocenters. The van der Waals surface area contributed by atoms with E-state index >= 15 is 0 Å². The first-order valence-electron chi connectivity index (χ1n) is 11.3. The van der Waals surface area contributed by atoms with Gasteiger partial charge in [0.15, 0.2) is 0 Å². The Morgan fingerprint density at radius 3 is 2.43 bits per heavy atom. The van der Waals surface area contributed by atoms with Crippen LogP contribution in [0.2, 0.25) is 5.02 Å². The molecule has 1 aliphatic carbocycles. The summed E-state index contributed by atoms with van der Waals surface area (Å²) in [6.07, 6.45) is 5.61. The summed E-state index contributed by atoms with van der Waals surface area (Å²) in [6, 6.07) is 17.3. The predicted molar refractivity (Wildman–Crippen MR) is 134 cm³/mol. The third-order valence-electron chi connectivity index (χ3n) is 6.43. The molecule has 0 bridgehead atoms. The maximum absolute atomic E-state index is 14.4. The van der Waals surface area contributed by atoms with Crippen LogP contribution in [0.15, 0.2) is 66.7 Å². The zero-order valence-corrected chi connectivity index (χ0v) is 19.3. The summed E-state index contributed by atoms with van der Waals surface area (Å²) in [5, 5.41) is 16.0. The highest BCUT2D eigenvalue weighted by Crippen LogP contribution is 2.47. The molecule has 3 aromatic carbocycles. The fraction of sp³-hybridized carbons (Fsp3) is 0.143. The maximum atomic E-state index is 14.4. The number of allylic oxidation sites excluding steroid dienone is 1. The number of fused-ring (bicyclic) bond motifs is 1. The standard InChI is InChI=1S/C28H21ClF2N2O2/c29-23-15-20(30)10-11-21(23)27(17-2-1-3-17)26(18-7-4-16(5-8-18)6-13-25(34)35)19-9-12-24-22(14-19)28(31)33-32-24/h4-15,17H,1-3H2,(H,32,33)(H,34,35). The first-order chi connectivity index (χ1) is 16.9. The quantitative estimate of drug-likeness (QED) is 0.219. The Labute approximate surface area is 205 Å². The molecule has 7 heteroatoms. The number of nitrogens with zero attached hydrogens (tertiary/aromatic N) is 1. The van der Waals surface area contributed by atoms with Crippen LogP contribution in [0.25, 0.3) is 28.1 Å². The van der Waals surface area contributed by atoms with Gasteiger partial charge in [-0.3, -0.25) is 5.10 Å². The lowest BCUT2D eigenvalue weighted by Crippen LogP contribution is -2.15. The molecule has 0 radical (unpaired) electrons. The van der Waals surface area contributed by atoms with Crippen molar-refractivity contribution in [3.63, 3.8) is 0 Å². The molecule has 1 aromatic heterocycles. The lowest BCUT2D eigenvalue weighted by atomic mass is 9.73. The third kappa shape index (κ3) is 4.62. The van der Waals surface area contributed by atoms with Gasteiger partial charge in [0.2, 0.25) is 5.95 Å². The van der Waals surface area contributed by atoms with Gasteiger partial charge in [-0.15, -0.1) is 5.10 Å². The zero-order valence-electron chi connectivity index (χ0n) is 18.6. The molecule has 1 saturated carbocycles. The van der Waals surface area contributed by atoms with Crippen molar-refractivity contribution >= 4 is 45.7 Å². The molecule has 0 saturated heterocycles. The average Bonchev–Trinajstić information content (AvgIpc) is 3.17. The Morgan fingerprint density at radius 2 is 1.77 bits per heavy atom. The number of hydrogen-bond donors (Lipinski definition) is 2. The fourth-order valence-corrected chi connectivity index (χ4v) is 4.78. The number of aromatic amines is 1. The summed E-state index contributed by atoms with van der Waals surface area (Å²) >= 11 is 6.55. The number of aliphatic carboxylic acids is 1. The van der Waals surface area contributed by atoms with Gasteiger partial charge in [-0.2, -0.15) is 4.39 Å². The van der Waals surface area contributed by atoms with Gasteiger partial charge in [0.25, 0.3) is 0 Å².